The highest BCUT2D eigenvalue weighted by atomic mass is 79.9. The number of nitrogens with two attached hydrogens (primary N) is 1. The van der Waals surface area contributed by atoms with Crippen LogP contribution in [-0.2, 0) is 6.42 Å². The Kier molecular flexibility index (Phi) is 3.97. The van der Waals surface area contributed by atoms with E-state index in [4.69, 9.17) is 10.2 Å². The van der Waals surface area contributed by atoms with Gasteiger partial charge in [0.25, 0.3) is 0 Å². The van der Waals surface area contributed by atoms with Crippen LogP contribution >= 0.6 is 15.9 Å². The molecule has 0 atom stereocenters. The molecule has 0 fully saturated rings. The first-order valence-electron chi connectivity index (χ1n) is 5.62. The minimum atomic E-state index is 0.660. The fraction of sp³-hybridized carbons (Fsp3) is 0.308. The summed E-state index contributed by atoms with van der Waals surface area (Å²) in [5.74, 6) is 1.57. The molecular formula is C13H15BrN2O. The molecule has 0 aliphatic heterocycles. The SMILES string of the molecule is Cc1c(Br)cccc1-c1cnc(CCCN)o1. The lowest BCUT2D eigenvalue weighted by molar-refractivity contribution is 0.499. The molecule has 2 aromatic rings. The maximum Gasteiger partial charge on any atom is 0.194 e. The molecule has 4 heteroatoms. The molecule has 0 aliphatic carbocycles. The highest BCUT2D eigenvalue weighted by Gasteiger charge is 2.09. The van der Waals surface area contributed by atoms with E-state index in [1.807, 2.05) is 18.2 Å². The van der Waals surface area contributed by atoms with Gasteiger partial charge in [0.15, 0.2) is 11.7 Å². The Morgan fingerprint density at radius 3 is 3.00 bits per heavy atom. The highest BCUT2D eigenvalue weighted by Crippen LogP contribution is 2.29. The van der Waals surface area contributed by atoms with Crippen molar-refractivity contribution in [3.63, 3.8) is 0 Å². The van der Waals surface area contributed by atoms with Crippen LogP contribution in [0.1, 0.15) is 17.9 Å². The molecule has 0 radical (unpaired) electrons. The molecule has 0 bridgehead atoms. The zero-order chi connectivity index (χ0) is 12.3. The quantitative estimate of drug-likeness (QED) is 0.941. The minimum absolute atomic E-state index is 0.660. The van der Waals surface area contributed by atoms with Gasteiger partial charge in [0, 0.05) is 16.5 Å². The van der Waals surface area contributed by atoms with E-state index in [1.54, 1.807) is 6.20 Å². The fourth-order valence-electron chi connectivity index (χ4n) is 1.68. The van der Waals surface area contributed by atoms with Crippen LogP contribution in [-0.4, -0.2) is 11.5 Å². The van der Waals surface area contributed by atoms with Gasteiger partial charge in [-0.15, -0.1) is 0 Å². The Balaban J connectivity index is 2.27. The van der Waals surface area contributed by atoms with Gasteiger partial charge < -0.3 is 10.2 Å². The molecule has 2 rings (SSSR count). The summed E-state index contributed by atoms with van der Waals surface area (Å²) < 4.78 is 6.80. The predicted octanol–water partition coefficient (Wildman–Crippen LogP) is 3.30. The molecule has 0 amide bonds. The number of nitrogens with zero attached hydrogens (tertiary/aromatic N) is 1. The van der Waals surface area contributed by atoms with Gasteiger partial charge in [-0.1, -0.05) is 28.1 Å². The summed E-state index contributed by atoms with van der Waals surface area (Å²) >= 11 is 3.51. The van der Waals surface area contributed by atoms with Crippen molar-refractivity contribution in [1.82, 2.24) is 4.98 Å². The van der Waals surface area contributed by atoms with Gasteiger partial charge in [-0.2, -0.15) is 0 Å². The van der Waals surface area contributed by atoms with Crippen molar-refractivity contribution in [3.8, 4) is 11.3 Å². The van der Waals surface area contributed by atoms with Gasteiger partial charge in [-0.3, -0.25) is 0 Å². The van der Waals surface area contributed by atoms with Crippen LogP contribution in [0.2, 0.25) is 0 Å². The van der Waals surface area contributed by atoms with E-state index in [-0.39, 0.29) is 0 Å². The summed E-state index contributed by atoms with van der Waals surface area (Å²) in [6, 6.07) is 6.05. The van der Waals surface area contributed by atoms with Crippen LogP contribution in [0.5, 0.6) is 0 Å². The van der Waals surface area contributed by atoms with Crippen LogP contribution in [0, 0.1) is 6.92 Å². The maximum atomic E-state index is 5.72. The summed E-state index contributed by atoms with van der Waals surface area (Å²) in [6.45, 7) is 2.72. The fourth-order valence-corrected chi connectivity index (χ4v) is 2.04. The topological polar surface area (TPSA) is 52.0 Å². The van der Waals surface area contributed by atoms with Crippen LogP contribution in [0.15, 0.2) is 33.3 Å². The second-order valence-electron chi connectivity index (χ2n) is 3.92. The molecule has 0 saturated carbocycles. The van der Waals surface area contributed by atoms with Crippen molar-refractivity contribution in [2.24, 2.45) is 5.73 Å². The predicted molar refractivity (Wildman–Crippen MR) is 71.8 cm³/mol. The van der Waals surface area contributed by atoms with Crippen molar-refractivity contribution in [3.05, 3.63) is 40.3 Å². The second-order valence-corrected chi connectivity index (χ2v) is 4.78. The van der Waals surface area contributed by atoms with Gasteiger partial charge in [-0.05, 0) is 31.5 Å². The Bertz CT molecular complexity index is 508. The number of halogens is 1. The average molecular weight is 295 g/mol. The van der Waals surface area contributed by atoms with E-state index in [1.165, 1.54) is 0 Å². The normalized spacial score (nSPS) is 10.8. The Hall–Kier alpha value is -1.13. The van der Waals surface area contributed by atoms with Crippen molar-refractivity contribution < 1.29 is 4.42 Å². The van der Waals surface area contributed by atoms with Crippen molar-refractivity contribution >= 4 is 15.9 Å². The third kappa shape index (κ3) is 2.76. The summed E-state index contributed by atoms with van der Waals surface area (Å²) in [4.78, 5) is 4.26. The summed E-state index contributed by atoms with van der Waals surface area (Å²) in [5.41, 5.74) is 7.70. The van der Waals surface area contributed by atoms with Gasteiger partial charge in [0.1, 0.15) is 0 Å². The van der Waals surface area contributed by atoms with Crippen LogP contribution in [0.25, 0.3) is 11.3 Å². The smallest absolute Gasteiger partial charge is 0.194 e. The lowest BCUT2D eigenvalue weighted by atomic mass is 10.1. The van der Waals surface area contributed by atoms with Crippen LogP contribution in [0.3, 0.4) is 0 Å². The minimum Gasteiger partial charge on any atom is -0.441 e. The molecule has 0 unspecified atom stereocenters. The molecule has 1 heterocycles. The standard InChI is InChI=1S/C13H15BrN2O/c1-9-10(4-2-5-11(9)14)12-8-16-13(17-12)6-3-7-15/h2,4-5,8H,3,6-7,15H2,1H3. The van der Waals surface area contributed by atoms with E-state index >= 15 is 0 Å². The third-order valence-corrected chi connectivity index (χ3v) is 3.54. The highest BCUT2D eigenvalue weighted by molar-refractivity contribution is 9.10. The first-order chi connectivity index (χ1) is 8.22. The molecule has 17 heavy (non-hydrogen) atoms. The monoisotopic (exact) mass is 294 g/mol. The van der Waals surface area contributed by atoms with Crippen molar-refractivity contribution in [2.75, 3.05) is 6.54 Å². The summed E-state index contributed by atoms with van der Waals surface area (Å²) in [5, 5.41) is 0. The van der Waals surface area contributed by atoms with E-state index in [0.29, 0.717) is 6.54 Å². The molecule has 0 saturated heterocycles. The van der Waals surface area contributed by atoms with E-state index in [0.717, 1.165) is 40.1 Å². The van der Waals surface area contributed by atoms with Gasteiger partial charge in [-0.25, -0.2) is 4.98 Å². The van der Waals surface area contributed by atoms with Gasteiger partial charge in [0.2, 0.25) is 0 Å². The first-order valence-corrected chi connectivity index (χ1v) is 6.42. The largest absolute Gasteiger partial charge is 0.441 e. The molecule has 1 aromatic carbocycles. The molecule has 0 aliphatic rings. The van der Waals surface area contributed by atoms with Gasteiger partial charge >= 0.3 is 0 Å². The first kappa shape index (κ1) is 12.3. The number of aryl methyl sites for hydroxylation is 1. The molecule has 90 valence electrons. The van der Waals surface area contributed by atoms with Gasteiger partial charge in [0.05, 0.1) is 6.20 Å². The van der Waals surface area contributed by atoms with E-state index < -0.39 is 0 Å². The maximum absolute atomic E-state index is 5.72. The molecule has 3 nitrogen and oxygen atoms in total. The lowest BCUT2D eigenvalue weighted by Gasteiger charge is -2.03. The Morgan fingerprint density at radius 2 is 2.24 bits per heavy atom. The van der Waals surface area contributed by atoms with Crippen molar-refractivity contribution in [2.45, 2.75) is 19.8 Å². The number of benzene rings is 1. The van der Waals surface area contributed by atoms with E-state index in [9.17, 15) is 0 Å². The molecule has 1 aromatic heterocycles. The van der Waals surface area contributed by atoms with Crippen LogP contribution in [0.4, 0.5) is 0 Å². The van der Waals surface area contributed by atoms with E-state index in [2.05, 4.69) is 27.8 Å². The Labute approximate surface area is 109 Å². The molecule has 2 N–H and O–H groups in total. The van der Waals surface area contributed by atoms with Crippen molar-refractivity contribution in [1.29, 1.82) is 0 Å². The summed E-state index contributed by atoms with van der Waals surface area (Å²) in [7, 11) is 0. The third-order valence-electron chi connectivity index (χ3n) is 2.68. The lowest BCUT2D eigenvalue weighted by Crippen LogP contribution is -2.00. The number of oxazole rings is 1. The number of hydrogen-bond acceptors (Lipinski definition) is 3. The molecule has 0 spiro atoms. The zero-order valence-electron chi connectivity index (χ0n) is 9.74. The molecular weight excluding hydrogens is 280 g/mol. The summed E-state index contributed by atoms with van der Waals surface area (Å²) in [6.07, 6.45) is 3.47. The van der Waals surface area contributed by atoms with Crippen LogP contribution < -0.4 is 5.73 Å². The number of rotatable bonds is 4. The number of aromatic nitrogens is 1. The second kappa shape index (κ2) is 5.47. The zero-order valence-corrected chi connectivity index (χ0v) is 11.3. The Morgan fingerprint density at radius 1 is 1.41 bits per heavy atom. The average Bonchev–Trinajstić information content (AvgIpc) is 2.78. The number of hydrogen-bond donors (Lipinski definition) is 1.